The molecule has 0 amide bonds. The monoisotopic (exact) mass is 339 g/mol. The number of hydrogen-bond acceptors (Lipinski definition) is 3. The van der Waals surface area contributed by atoms with Crippen molar-refractivity contribution in [1.82, 2.24) is 0 Å². The molecule has 0 radical (unpaired) electrons. The lowest BCUT2D eigenvalue weighted by Gasteiger charge is -2.27. The summed E-state index contributed by atoms with van der Waals surface area (Å²) in [6, 6.07) is 15.2. The zero-order chi connectivity index (χ0) is 17.6. The second kappa shape index (κ2) is 8.39. The van der Waals surface area contributed by atoms with Crippen molar-refractivity contribution in [2.45, 2.75) is 38.5 Å². The van der Waals surface area contributed by atoms with Crippen molar-refractivity contribution < 1.29 is 9.47 Å². The van der Waals surface area contributed by atoms with E-state index in [0.29, 0.717) is 13.2 Å². The highest BCUT2D eigenvalue weighted by Gasteiger charge is 2.19. The van der Waals surface area contributed by atoms with Crippen LogP contribution in [0.25, 0.3) is 0 Å². The third kappa shape index (κ3) is 4.16. The van der Waals surface area contributed by atoms with Crippen LogP contribution in [-0.4, -0.2) is 27.4 Å². The van der Waals surface area contributed by atoms with Crippen molar-refractivity contribution in [3.8, 4) is 5.75 Å². The Hall–Kier alpha value is -2.00. The van der Waals surface area contributed by atoms with Gasteiger partial charge in [-0.05, 0) is 79.1 Å². The van der Waals surface area contributed by atoms with Gasteiger partial charge in [-0.25, -0.2) is 0 Å². The van der Waals surface area contributed by atoms with Crippen LogP contribution in [0.5, 0.6) is 5.75 Å². The van der Waals surface area contributed by atoms with Gasteiger partial charge in [0, 0.05) is 25.5 Å². The summed E-state index contributed by atoms with van der Waals surface area (Å²) in [7, 11) is 3.81. The molecule has 0 aliphatic heterocycles. The van der Waals surface area contributed by atoms with Crippen LogP contribution in [0.4, 0.5) is 11.4 Å². The number of benzene rings is 2. The number of aryl methyl sites for hydroxylation is 1. The van der Waals surface area contributed by atoms with E-state index in [2.05, 4.69) is 49.2 Å². The van der Waals surface area contributed by atoms with E-state index in [1.165, 1.54) is 42.6 Å². The van der Waals surface area contributed by atoms with Gasteiger partial charge in [-0.3, -0.25) is 0 Å². The molecule has 0 spiro atoms. The Balaban J connectivity index is 1.73. The molecular formula is C22H29NO2. The largest absolute Gasteiger partial charge is 0.491 e. The molecule has 1 aliphatic rings. The van der Waals surface area contributed by atoms with Gasteiger partial charge in [-0.15, -0.1) is 0 Å². The fourth-order valence-corrected chi connectivity index (χ4v) is 3.69. The van der Waals surface area contributed by atoms with Gasteiger partial charge in [0.05, 0.1) is 6.61 Å². The maximum atomic E-state index is 5.64. The number of anilines is 2. The minimum absolute atomic E-state index is 0.578. The molecule has 2 aromatic rings. The predicted octanol–water partition coefficient (Wildman–Crippen LogP) is 5.31. The zero-order valence-corrected chi connectivity index (χ0v) is 15.6. The predicted molar refractivity (Wildman–Crippen MR) is 104 cm³/mol. The Morgan fingerprint density at radius 1 is 1.04 bits per heavy atom. The summed E-state index contributed by atoms with van der Waals surface area (Å²) < 4.78 is 10.7. The molecule has 3 heteroatoms. The molecule has 0 saturated heterocycles. The molecule has 1 aliphatic carbocycles. The Labute approximate surface area is 151 Å². The molecule has 0 saturated carbocycles. The van der Waals surface area contributed by atoms with Crippen LogP contribution in [0.2, 0.25) is 0 Å². The summed E-state index contributed by atoms with van der Waals surface area (Å²) in [6.07, 6.45) is 5.10. The molecule has 1 atom stereocenters. The molecule has 0 N–H and O–H groups in total. The first-order chi connectivity index (χ1) is 12.2. The van der Waals surface area contributed by atoms with Gasteiger partial charge in [0.15, 0.2) is 0 Å². The van der Waals surface area contributed by atoms with Crippen LogP contribution in [0.15, 0.2) is 42.5 Å². The van der Waals surface area contributed by atoms with Gasteiger partial charge >= 0.3 is 0 Å². The van der Waals surface area contributed by atoms with E-state index in [9.17, 15) is 0 Å². The van der Waals surface area contributed by atoms with Gasteiger partial charge in [0.2, 0.25) is 0 Å². The Morgan fingerprint density at radius 3 is 2.52 bits per heavy atom. The standard InChI is InChI=1S/C22H29NO2/c1-4-17-6-5-7-18-16-20(10-13-22(17)18)23(2)19-8-11-21(12-9-19)25-15-14-24-3/h8-13,16-17H,4-7,14-15H2,1-3H3/t17-/m1/s1. The second-order valence-electron chi connectivity index (χ2n) is 6.77. The first-order valence-corrected chi connectivity index (χ1v) is 9.31. The Bertz CT molecular complexity index is 681. The number of methoxy groups -OCH3 is 1. The molecule has 0 heterocycles. The molecule has 0 bridgehead atoms. The van der Waals surface area contributed by atoms with Crippen molar-refractivity contribution in [1.29, 1.82) is 0 Å². The minimum atomic E-state index is 0.578. The van der Waals surface area contributed by atoms with Gasteiger partial charge < -0.3 is 14.4 Å². The fourth-order valence-electron chi connectivity index (χ4n) is 3.69. The Kier molecular flexibility index (Phi) is 5.98. The topological polar surface area (TPSA) is 21.7 Å². The zero-order valence-electron chi connectivity index (χ0n) is 15.6. The number of ether oxygens (including phenoxy) is 2. The fraction of sp³-hybridized carbons (Fsp3) is 0.455. The van der Waals surface area contributed by atoms with Crippen LogP contribution in [-0.2, 0) is 11.2 Å². The lowest BCUT2D eigenvalue weighted by atomic mass is 9.81. The summed E-state index contributed by atoms with van der Waals surface area (Å²) in [5.74, 6) is 1.62. The van der Waals surface area contributed by atoms with Gasteiger partial charge in [0.1, 0.15) is 12.4 Å². The molecule has 3 nitrogen and oxygen atoms in total. The summed E-state index contributed by atoms with van der Waals surface area (Å²) in [5, 5.41) is 0. The van der Waals surface area contributed by atoms with Crippen molar-refractivity contribution in [2.24, 2.45) is 0 Å². The van der Waals surface area contributed by atoms with E-state index in [-0.39, 0.29) is 0 Å². The van der Waals surface area contributed by atoms with Crippen LogP contribution < -0.4 is 9.64 Å². The molecule has 134 valence electrons. The van der Waals surface area contributed by atoms with E-state index in [1.54, 1.807) is 12.7 Å². The summed E-state index contributed by atoms with van der Waals surface area (Å²) in [6.45, 7) is 3.49. The molecule has 0 aromatic heterocycles. The van der Waals surface area contributed by atoms with E-state index in [0.717, 1.165) is 11.7 Å². The number of hydrogen-bond donors (Lipinski definition) is 0. The number of nitrogens with zero attached hydrogens (tertiary/aromatic N) is 1. The van der Waals surface area contributed by atoms with Crippen LogP contribution in [0.3, 0.4) is 0 Å². The quantitative estimate of drug-likeness (QED) is 0.638. The third-order valence-electron chi connectivity index (χ3n) is 5.23. The van der Waals surface area contributed by atoms with Crippen molar-refractivity contribution in [2.75, 3.05) is 32.3 Å². The van der Waals surface area contributed by atoms with E-state index in [1.807, 2.05) is 12.1 Å². The summed E-state index contributed by atoms with van der Waals surface area (Å²) in [4.78, 5) is 2.24. The molecular weight excluding hydrogens is 310 g/mol. The van der Waals surface area contributed by atoms with Crippen LogP contribution >= 0.6 is 0 Å². The minimum Gasteiger partial charge on any atom is -0.491 e. The molecule has 3 rings (SSSR count). The van der Waals surface area contributed by atoms with E-state index >= 15 is 0 Å². The van der Waals surface area contributed by atoms with E-state index in [4.69, 9.17) is 9.47 Å². The van der Waals surface area contributed by atoms with Gasteiger partial charge in [-0.2, -0.15) is 0 Å². The average Bonchev–Trinajstić information content (AvgIpc) is 2.67. The molecule has 2 aromatic carbocycles. The smallest absolute Gasteiger partial charge is 0.119 e. The molecule has 0 fully saturated rings. The first kappa shape index (κ1) is 17.8. The highest BCUT2D eigenvalue weighted by Crippen LogP contribution is 2.36. The SMILES string of the molecule is CC[C@@H]1CCCc2cc(N(C)c3ccc(OCCOC)cc3)ccc21. The Morgan fingerprint density at radius 2 is 1.80 bits per heavy atom. The summed E-state index contributed by atoms with van der Waals surface area (Å²) >= 11 is 0. The van der Waals surface area contributed by atoms with Crippen molar-refractivity contribution in [3.63, 3.8) is 0 Å². The average molecular weight is 339 g/mol. The van der Waals surface area contributed by atoms with Gasteiger partial charge in [0.25, 0.3) is 0 Å². The maximum Gasteiger partial charge on any atom is 0.119 e. The first-order valence-electron chi connectivity index (χ1n) is 9.31. The molecule has 25 heavy (non-hydrogen) atoms. The normalized spacial score (nSPS) is 16.4. The van der Waals surface area contributed by atoms with Gasteiger partial charge in [-0.1, -0.05) is 13.0 Å². The summed E-state index contributed by atoms with van der Waals surface area (Å²) in [5.41, 5.74) is 5.51. The maximum absolute atomic E-state index is 5.64. The van der Waals surface area contributed by atoms with Crippen molar-refractivity contribution in [3.05, 3.63) is 53.6 Å². The van der Waals surface area contributed by atoms with Crippen molar-refractivity contribution >= 4 is 11.4 Å². The van der Waals surface area contributed by atoms with E-state index < -0.39 is 0 Å². The lowest BCUT2D eigenvalue weighted by Crippen LogP contribution is -2.13. The second-order valence-corrected chi connectivity index (χ2v) is 6.77. The van der Waals surface area contributed by atoms with Crippen LogP contribution in [0, 0.1) is 0 Å². The highest BCUT2D eigenvalue weighted by molar-refractivity contribution is 5.64. The lowest BCUT2D eigenvalue weighted by molar-refractivity contribution is 0.146. The highest BCUT2D eigenvalue weighted by atomic mass is 16.5. The molecule has 0 unspecified atom stereocenters. The number of rotatable bonds is 7. The van der Waals surface area contributed by atoms with Crippen LogP contribution in [0.1, 0.15) is 43.2 Å². The third-order valence-corrected chi connectivity index (χ3v) is 5.23. The number of fused-ring (bicyclic) bond motifs is 1.